The average molecular weight is 303 g/mol. The van der Waals surface area contributed by atoms with E-state index in [0.717, 1.165) is 36.3 Å². The number of hydrogen-bond acceptors (Lipinski definition) is 3. The zero-order chi connectivity index (χ0) is 16.1. The van der Waals surface area contributed by atoms with Gasteiger partial charge in [-0.3, -0.25) is 14.5 Å². The number of carbonyl (C=O) groups excluding carboxylic acids is 2. The standard InChI is InChI=1S/C17H25N3O2/c1-4-15-7-5-6-13(2)17(15)18-16(22)12-19-8-10-20(11-9-19)14(3)21/h5-7H,4,8-12H2,1-3H3,(H,18,22). The molecule has 0 atom stereocenters. The lowest BCUT2D eigenvalue weighted by molar-refractivity contribution is -0.130. The Morgan fingerprint density at radius 3 is 2.45 bits per heavy atom. The molecule has 22 heavy (non-hydrogen) atoms. The van der Waals surface area contributed by atoms with Crippen LogP contribution in [0.1, 0.15) is 25.0 Å². The van der Waals surface area contributed by atoms with E-state index < -0.39 is 0 Å². The normalized spacial score (nSPS) is 15.7. The summed E-state index contributed by atoms with van der Waals surface area (Å²) >= 11 is 0. The van der Waals surface area contributed by atoms with E-state index in [1.165, 1.54) is 0 Å². The Bertz CT molecular complexity index is 549. The molecule has 5 nitrogen and oxygen atoms in total. The minimum absolute atomic E-state index is 0.0141. The van der Waals surface area contributed by atoms with Crippen LogP contribution in [0.5, 0.6) is 0 Å². The summed E-state index contributed by atoms with van der Waals surface area (Å²) in [5.74, 6) is 0.122. The molecule has 0 spiro atoms. The molecule has 0 unspecified atom stereocenters. The summed E-state index contributed by atoms with van der Waals surface area (Å²) in [7, 11) is 0. The van der Waals surface area contributed by atoms with Gasteiger partial charge in [0.1, 0.15) is 0 Å². The fourth-order valence-corrected chi connectivity index (χ4v) is 2.80. The van der Waals surface area contributed by atoms with Gasteiger partial charge in [0.05, 0.1) is 6.54 Å². The Kier molecular flexibility index (Phi) is 5.55. The van der Waals surface area contributed by atoms with Crippen LogP contribution in [0.4, 0.5) is 5.69 Å². The minimum Gasteiger partial charge on any atom is -0.340 e. The van der Waals surface area contributed by atoms with E-state index in [1.807, 2.05) is 30.0 Å². The second-order valence-corrected chi connectivity index (χ2v) is 5.79. The van der Waals surface area contributed by atoms with Crippen molar-refractivity contribution in [3.8, 4) is 0 Å². The first kappa shape index (κ1) is 16.5. The topological polar surface area (TPSA) is 52.7 Å². The van der Waals surface area contributed by atoms with Crippen molar-refractivity contribution in [2.75, 3.05) is 38.0 Å². The van der Waals surface area contributed by atoms with Crippen molar-refractivity contribution in [1.29, 1.82) is 0 Å². The highest BCUT2D eigenvalue weighted by Gasteiger charge is 2.20. The highest BCUT2D eigenvalue weighted by atomic mass is 16.2. The van der Waals surface area contributed by atoms with Gasteiger partial charge < -0.3 is 10.2 Å². The van der Waals surface area contributed by atoms with Gasteiger partial charge in [-0.15, -0.1) is 0 Å². The van der Waals surface area contributed by atoms with Crippen LogP contribution >= 0.6 is 0 Å². The lowest BCUT2D eigenvalue weighted by Crippen LogP contribution is -2.49. The number of anilines is 1. The maximum Gasteiger partial charge on any atom is 0.238 e. The predicted molar refractivity (Wildman–Crippen MR) is 87.9 cm³/mol. The number of benzene rings is 1. The fraction of sp³-hybridized carbons (Fsp3) is 0.529. The van der Waals surface area contributed by atoms with E-state index in [2.05, 4.69) is 17.1 Å². The number of nitrogens with zero attached hydrogens (tertiary/aromatic N) is 2. The fourth-order valence-electron chi connectivity index (χ4n) is 2.80. The van der Waals surface area contributed by atoms with Crippen LogP contribution in [-0.2, 0) is 16.0 Å². The molecule has 1 fully saturated rings. The maximum atomic E-state index is 12.3. The van der Waals surface area contributed by atoms with Crippen molar-refractivity contribution < 1.29 is 9.59 Å². The van der Waals surface area contributed by atoms with E-state index in [1.54, 1.807) is 6.92 Å². The zero-order valence-electron chi connectivity index (χ0n) is 13.7. The summed E-state index contributed by atoms with van der Waals surface area (Å²) in [5, 5.41) is 3.05. The van der Waals surface area contributed by atoms with Crippen LogP contribution < -0.4 is 5.32 Å². The van der Waals surface area contributed by atoms with Gasteiger partial charge in [-0.25, -0.2) is 0 Å². The van der Waals surface area contributed by atoms with Crippen molar-refractivity contribution in [3.63, 3.8) is 0 Å². The van der Waals surface area contributed by atoms with Crippen LogP contribution in [0.3, 0.4) is 0 Å². The van der Waals surface area contributed by atoms with Crippen molar-refractivity contribution >= 4 is 17.5 Å². The van der Waals surface area contributed by atoms with E-state index in [4.69, 9.17) is 0 Å². The molecule has 1 aliphatic heterocycles. The van der Waals surface area contributed by atoms with Gasteiger partial charge in [0, 0.05) is 38.8 Å². The Hall–Kier alpha value is -1.88. The van der Waals surface area contributed by atoms with Crippen LogP contribution in [0, 0.1) is 6.92 Å². The minimum atomic E-state index is 0.0141. The number of carbonyl (C=O) groups is 2. The quantitative estimate of drug-likeness (QED) is 0.920. The van der Waals surface area contributed by atoms with Crippen molar-refractivity contribution in [2.45, 2.75) is 27.2 Å². The van der Waals surface area contributed by atoms with Crippen molar-refractivity contribution in [2.24, 2.45) is 0 Å². The second-order valence-electron chi connectivity index (χ2n) is 5.79. The molecule has 2 amide bonds. The Balaban J connectivity index is 1.90. The predicted octanol–water partition coefficient (Wildman–Crippen LogP) is 1.66. The summed E-state index contributed by atoms with van der Waals surface area (Å²) in [6.45, 7) is 8.98. The molecule has 1 heterocycles. The van der Waals surface area contributed by atoms with Gasteiger partial charge in [-0.05, 0) is 24.5 Å². The van der Waals surface area contributed by atoms with E-state index >= 15 is 0 Å². The molecule has 5 heteroatoms. The van der Waals surface area contributed by atoms with E-state index in [-0.39, 0.29) is 11.8 Å². The number of para-hydroxylation sites is 1. The molecular weight excluding hydrogens is 278 g/mol. The van der Waals surface area contributed by atoms with Crippen LogP contribution in [0.15, 0.2) is 18.2 Å². The van der Waals surface area contributed by atoms with Crippen molar-refractivity contribution in [1.82, 2.24) is 9.80 Å². The van der Waals surface area contributed by atoms with Crippen molar-refractivity contribution in [3.05, 3.63) is 29.3 Å². The molecule has 0 aromatic heterocycles. The molecule has 1 N–H and O–H groups in total. The zero-order valence-corrected chi connectivity index (χ0v) is 13.7. The monoisotopic (exact) mass is 303 g/mol. The van der Waals surface area contributed by atoms with E-state index in [9.17, 15) is 9.59 Å². The molecule has 0 saturated carbocycles. The second kappa shape index (κ2) is 7.40. The molecular formula is C17H25N3O2. The highest BCUT2D eigenvalue weighted by Crippen LogP contribution is 2.21. The molecule has 1 aromatic carbocycles. The van der Waals surface area contributed by atoms with E-state index in [0.29, 0.717) is 19.6 Å². The number of aryl methyl sites for hydroxylation is 2. The summed E-state index contributed by atoms with van der Waals surface area (Å²) in [6, 6.07) is 6.08. The van der Waals surface area contributed by atoms with Crippen LogP contribution in [0.25, 0.3) is 0 Å². The third-order valence-electron chi connectivity index (χ3n) is 4.19. The summed E-state index contributed by atoms with van der Waals surface area (Å²) in [4.78, 5) is 27.5. The Morgan fingerprint density at radius 1 is 1.18 bits per heavy atom. The summed E-state index contributed by atoms with van der Waals surface area (Å²) in [5.41, 5.74) is 3.20. The molecule has 1 saturated heterocycles. The molecule has 0 bridgehead atoms. The number of hydrogen-bond donors (Lipinski definition) is 1. The van der Waals surface area contributed by atoms with Gasteiger partial charge >= 0.3 is 0 Å². The molecule has 0 radical (unpaired) electrons. The van der Waals surface area contributed by atoms with Gasteiger partial charge in [-0.2, -0.15) is 0 Å². The third-order valence-corrected chi connectivity index (χ3v) is 4.19. The molecule has 2 rings (SSSR count). The number of amides is 2. The Labute approximate surface area is 132 Å². The van der Waals surface area contributed by atoms with Crippen LogP contribution in [0.2, 0.25) is 0 Å². The van der Waals surface area contributed by atoms with Crippen LogP contribution in [-0.4, -0.2) is 54.3 Å². The lowest BCUT2D eigenvalue weighted by atomic mass is 10.1. The van der Waals surface area contributed by atoms with Gasteiger partial charge in [-0.1, -0.05) is 25.1 Å². The number of nitrogens with one attached hydrogen (secondary N) is 1. The summed E-state index contributed by atoms with van der Waals surface area (Å²) < 4.78 is 0. The maximum absolute atomic E-state index is 12.3. The largest absolute Gasteiger partial charge is 0.340 e. The summed E-state index contributed by atoms with van der Waals surface area (Å²) in [6.07, 6.45) is 0.897. The Morgan fingerprint density at radius 2 is 1.86 bits per heavy atom. The molecule has 1 aromatic rings. The van der Waals surface area contributed by atoms with Gasteiger partial charge in [0.15, 0.2) is 0 Å². The smallest absolute Gasteiger partial charge is 0.238 e. The highest BCUT2D eigenvalue weighted by molar-refractivity contribution is 5.93. The molecule has 1 aliphatic rings. The number of piperazine rings is 1. The first-order valence-electron chi connectivity index (χ1n) is 7.87. The average Bonchev–Trinajstić information content (AvgIpc) is 2.49. The lowest BCUT2D eigenvalue weighted by Gasteiger charge is -2.33. The van der Waals surface area contributed by atoms with Gasteiger partial charge in [0.2, 0.25) is 11.8 Å². The first-order chi connectivity index (χ1) is 10.5. The molecule has 0 aliphatic carbocycles. The first-order valence-corrected chi connectivity index (χ1v) is 7.87. The third kappa shape index (κ3) is 4.07. The number of rotatable bonds is 4. The SMILES string of the molecule is CCc1cccc(C)c1NC(=O)CN1CCN(C(C)=O)CC1. The molecule has 120 valence electrons. The van der Waals surface area contributed by atoms with Gasteiger partial charge in [0.25, 0.3) is 0 Å².